The highest BCUT2D eigenvalue weighted by Gasteiger charge is 2.20. The van der Waals surface area contributed by atoms with E-state index in [1.807, 2.05) is 0 Å². The maximum atomic E-state index is 12.1. The van der Waals surface area contributed by atoms with E-state index < -0.39 is 21.4 Å². The van der Waals surface area contributed by atoms with Crippen LogP contribution in [0, 0.1) is 20.2 Å². The molecule has 0 saturated heterocycles. The first-order valence-corrected chi connectivity index (χ1v) is 6.72. The Kier molecular flexibility index (Phi) is 4.87. The number of benzene rings is 2. The van der Waals surface area contributed by atoms with Gasteiger partial charge in [-0.3, -0.25) is 25.0 Å². The van der Waals surface area contributed by atoms with E-state index in [0.29, 0.717) is 5.56 Å². The summed E-state index contributed by atoms with van der Waals surface area (Å²) in [6.45, 7) is 0.000292. The summed E-state index contributed by atoms with van der Waals surface area (Å²) >= 11 is 5.69. The third-order valence-corrected chi connectivity index (χ3v) is 3.21. The van der Waals surface area contributed by atoms with Crippen LogP contribution in [-0.4, -0.2) is 15.8 Å². The molecule has 2 rings (SSSR count). The molecule has 0 aromatic heterocycles. The van der Waals surface area contributed by atoms with Gasteiger partial charge in [0.05, 0.1) is 9.85 Å². The van der Waals surface area contributed by atoms with Gasteiger partial charge in [-0.2, -0.15) is 0 Å². The molecule has 1 amide bonds. The van der Waals surface area contributed by atoms with Crippen molar-refractivity contribution in [1.82, 2.24) is 5.32 Å². The van der Waals surface area contributed by atoms with Crippen molar-refractivity contribution in [3.05, 3.63) is 78.8 Å². The van der Waals surface area contributed by atoms with E-state index in [0.717, 1.165) is 6.07 Å². The molecule has 0 heterocycles. The number of hydrogen-bond donors (Lipinski definition) is 1. The third-order valence-electron chi connectivity index (χ3n) is 2.98. The van der Waals surface area contributed by atoms with Crippen LogP contribution in [0.1, 0.15) is 15.9 Å². The SMILES string of the molecule is O=C(NCc1cccc([N+](=O)[O-])c1)c1ccc(Cl)cc1[N+](=O)[O-]. The van der Waals surface area contributed by atoms with Crippen molar-refractivity contribution in [1.29, 1.82) is 0 Å². The molecule has 8 nitrogen and oxygen atoms in total. The largest absolute Gasteiger partial charge is 0.348 e. The number of rotatable bonds is 5. The number of nitrogens with one attached hydrogen (secondary N) is 1. The summed E-state index contributed by atoms with van der Waals surface area (Å²) in [5.41, 5.74) is -0.141. The number of carbonyl (C=O) groups excluding carboxylic acids is 1. The predicted molar refractivity (Wildman–Crippen MR) is 82.4 cm³/mol. The Morgan fingerprint density at radius 2 is 1.83 bits per heavy atom. The first-order chi connectivity index (χ1) is 10.9. The number of amides is 1. The Morgan fingerprint density at radius 1 is 1.09 bits per heavy atom. The Labute approximate surface area is 135 Å². The van der Waals surface area contributed by atoms with Gasteiger partial charge in [0.1, 0.15) is 5.56 Å². The average molecular weight is 336 g/mol. The molecular weight excluding hydrogens is 326 g/mol. The minimum atomic E-state index is -0.700. The molecule has 118 valence electrons. The van der Waals surface area contributed by atoms with E-state index in [-0.39, 0.29) is 22.8 Å². The first-order valence-electron chi connectivity index (χ1n) is 6.34. The second-order valence-electron chi connectivity index (χ2n) is 4.53. The molecule has 0 aliphatic rings. The molecule has 0 radical (unpaired) electrons. The van der Waals surface area contributed by atoms with Gasteiger partial charge in [-0.25, -0.2) is 0 Å². The fraction of sp³-hybridized carbons (Fsp3) is 0.0714. The van der Waals surface area contributed by atoms with Crippen LogP contribution < -0.4 is 5.32 Å². The summed E-state index contributed by atoms with van der Waals surface area (Å²) in [5.74, 6) is -0.667. The fourth-order valence-electron chi connectivity index (χ4n) is 1.91. The summed E-state index contributed by atoms with van der Waals surface area (Å²) in [6, 6.07) is 9.45. The van der Waals surface area contributed by atoms with Crippen LogP contribution >= 0.6 is 11.6 Å². The number of nitrogens with zero attached hydrogens (tertiary/aromatic N) is 2. The number of halogens is 1. The highest BCUT2D eigenvalue weighted by atomic mass is 35.5. The lowest BCUT2D eigenvalue weighted by Crippen LogP contribution is -2.23. The number of nitro groups is 2. The number of hydrogen-bond acceptors (Lipinski definition) is 5. The van der Waals surface area contributed by atoms with E-state index in [2.05, 4.69) is 5.32 Å². The van der Waals surface area contributed by atoms with Crippen molar-refractivity contribution in [2.24, 2.45) is 0 Å². The summed E-state index contributed by atoms with van der Waals surface area (Å²) in [4.78, 5) is 32.5. The second-order valence-corrected chi connectivity index (χ2v) is 4.96. The molecule has 1 N–H and O–H groups in total. The summed E-state index contributed by atoms with van der Waals surface area (Å²) in [5, 5.41) is 24.3. The van der Waals surface area contributed by atoms with Gasteiger partial charge in [0.2, 0.25) is 0 Å². The van der Waals surface area contributed by atoms with Gasteiger partial charge in [0.15, 0.2) is 0 Å². The van der Waals surface area contributed by atoms with E-state index in [4.69, 9.17) is 11.6 Å². The highest BCUT2D eigenvalue weighted by molar-refractivity contribution is 6.31. The zero-order chi connectivity index (χ0) is 17.0. The van der Waals surface area contributed by atoms with Crippen molar-refractivity contribution in [3.8, 4) is 0 Å². The molecule has 0 aliphatic heterocycles. The van der Waals surface area contributed by atoms with Gasteiger partial charge in [0.25, 0.3) is 17.3 Å². The Balaban J connectivity index is 2.16. The van der Waals surface area contributed by atoms with Gasteiger partial charge >= 0.3 is 0 Å². The summed E-state index contributed by atoms with van der Waals surface area (Å²) in [6.07, 6.45) is 0. The minimum Gasteiger partial charge on any atom is -0.348 e. The molecule has 0 saturated carbocycles. The Bertz CT molecular complexity index is 794. The lowest BCUT2D eigenvalue weighted by Gasteiger charge is -2.06. The fourth-order valence-corrected chi connectivity index (χ4v) is 2.07. The average Bonchev–Trinajstić information content (AvgIpc) is 2.52. The lowest BCUT2D eigenvalue weighted by atomic mass is 10.1. The van der Waals surface area contributed by atoms with Crippen molar-refractivity contribution >= 4 is 28.9 Å². The first kappa shape index (κ1) is 16.4. The molecule has 0 spiro atoms. The van der Waals surface area contributed by atoms with Gasteiger partial charge in [-0.05, 0) is 17.7 Å². The van der Waals surface area contributed by atoms with Gasteiger partial charge < -0.3 is 5.32 Å². The van der Waals surface area contributed by atoms with E-state index >= 15 is 0 Å². The van der Waals surface area contributed by atoms with Crippen molar-refractivity contribution in [3.63, 3.8) is 0 Å². The molecular formula is C14H10ClN3O5. The van der Waals surface area contributed by atoms with Crippen LogP contribution in [0.2, 0.25) is 5.02 Å². The molecule has 2 aromatic rings. The summed E-state index contributed by atoms with van der Waals surface area (Å²) < 4.78 is 0. The molecule has 9 heteroatoms. The molecule has 2 aromatic carbocycles. The number of nitro benzene ring substituents is 2. The number of carbonyl (C=O) groups is 1. The normalized spacial score (nSPS) is 10.1. The van der Waals surface area contributed by atoms with Gasteiger partial charge in [0, 0.05) is 29.8 Å². The standard InChI is InChI=1S/C14H10ClN3O5/c15-10-4-5-12(13(7-10)18(22)23)14(19)16-8-9-2-1-3-11(6-9)17(20)21/h1-7H,8H2,(H,16,19). The van der Waals surface area contributed by atoms with Crippen LogP contribution in [0.3, 0.4) is 0 Å². The maximum Gasteiger partial charge on any atom is 0.283 e. The van der Waals surface area contributed by atoms with Crippen LogP contribution in [0.15, 0.2) is 42.5 Å². The summed E-state index contributed by atoms with van der Waals surface area (Å²) in [7, 11) is 0. The predicted octanol–water partition coefficient (Wildman–Crippen LogP) is 3.09. The molecule has 0 unspecified atom stereocenters. The van der Waals surface area contributed by atoms with Crippen molar-refractivity contribution in [2.75, 3.05) is 0 Å². The van der Waals surface area contributed by atoms with Gasteiger partial charge in [-0.1, -0.05) is 23.7 Å². The van der Waals surface area contributed by atoms with E-state index in [1.54, 1.807) is 6.07 Å². The second kappa shape index (κ2) is 6.84. The smallest absolute Gasteiger partial charge is 0.283 e. The van der Waals surface area contributed by atoms with E-state index in [1.165, 1.54) is 30.3 Å². The maximum absolute atomic E-state index is 12.1. The van der Waals surface area contributed by atoms with Crippen LogP contribution in [0.4, 0.5) is 11.4 Å². The van der Waals surface area contributed by atoms with Crippen molar-refractivity contribution in [2.45, 2.75) is 6.54 Å². The molecule has 0 aliphatic carbocycles. The third kappa shape index (κ3) is 4.01. The van der Waals surface area contributed by atoms with Crippen LogP contribution in [-0.2, 0) is 6.54 Å². The number of non-ortho nitro benzene ring substituents is 1. The van der Waals surface area contributed by atoms with Crippen LogP contribution in [0.5, 0.6) is 0 Å². The quantitative estimate of drug-likeness (QED) is 0.665. The molecule has 0 fully saturated rings. The molecule has 23 heavy (non-hydrogen) atoms. The Morgan fingerprint density at radius 3 is 2.48 bits per heavy atom. The zero-order valence-corrected chi connectivity index (χ0v) is 12.3. The Hall–Kier alpha value is -3.00. The zero-order valence-electron chi connectivity index (χ0n) is 11.6. The minimum absolute atomic E-state index is 0.000292. The molecule has 0 atom stereocenters. The monoisotopic (exact) mass is 335 g/mol. The highest BCUT2D eigenvalue weighted by Crippen LogP contribution is 2.23. The van der Waals surface area contributed by atoms with Gasteiger partial charge in [-0.15, -0.1) is 0 Å². The topological polar surface area (TPSA) is 115 Å². The molecule has 0 bridgehead atoms. The van der Waals surface area contributed by atoms with Crippen molar-refractivity contribution < 1.29 is 14.6 Å². The van der Waals surface area contributed by atoms with E-state index in [9.17, 15) is 25.0 Å². The van der Waals surface area contributed by atoms with Crippen LogP contribution in [0.25, 0.3) is 0 Å². The lowest BCUT2D eigenvalue weighted by molar-refractivity contribution is -0.385.